The highest BCUT2D eigenvalue weighted by atomic mass is 79.9. The van der Waals surface area contributed by atoms with Gasteiger partial charge in [-0.25, -0.2) is 0 Å². The molecule has 1 atom stereocenters. The Labute approximate surface area is 151 Å². The predicted octanol–water partition coefficient (Wildman–Crippen LogP) is 6.63. The Hall–Kier alpha value is -0.320. The van der Waals surface area contributed by atoms with Crippen molar-refractivity contribution in [3.63, 3.8) is 0 Å². The lowest BCUT2D eigenvalue weighted by Crippen LogP contribution is -2.04. The fourth-order valence-corrected chi connectivity index (χ4v) is 4.76. The summed E-state index contributed by atoms with van der Waals surface area (Å²) in [6.07, 6.45) is 0. The Morgan fingerprint density at radius 2 is 1.71 bits per heavy atom. The standard InChI is InChI=1S/C17H17Br3O/c1-9-6-5-7-12(15(9)19)16(20)14-11(3)13(18)8-10(2)17(14)21-4/h5-8,16H,1-4H3. The van der Waals surface area contributed by atoms with Crippen LogP contribution in [-0.4, -0.2) is 7.11 Å². The highest BCUT2D eigenvalue weighted by molar-refractivity contribution is 9.11. The first-order chi connectivity index (χ1) is 9.88. The van der Waals surface area contributed by atoms with Crippen molar-refractivity contribution in [1.29, 1.82) is 0 Å². The molecular formula is C17H17Br3O. The fourth-order valence-electron chi connectivity index (χ4n) is 2.47. The van der Waals surface area contributed by atoms with Gasteiger partial charge < -0.3 is 4.74 Å². The zero-order valence-corrected chi connectivity index (χ0v) is 17.2. The first-order valence-electron chi connectivity index (χ1n) is 6.61. The van der Waals surface area contributed by atoms with Crippen molar-refractivity contribution in [2.24, 2.45) is 0 Å². The zero-order chi connectivity index (χ0) is 15.7. The molecule has 112 valence electrons. The quantitative estimate of drug-likeness (QED) is 0.452. The molecule has 0 spiro atoms. The van der Waals surface area contributed by atoms with E-state index in [1.807, 2.05) is 0 Å². The molecule has 2 aromatic carbocycles. The summed E-state index contributed by atoms with van der Waals surface area (Å²) in [5, 5.41) is 0. The predicted molar refractivity (Wildman–Crippen MR) is 99.8 cm³/mol. The third kappa shape index (κ3) is 3.22. The van der Waals surface area contributed by atoms with Gasteiger partial charge in [-0.3, -0.25) is 0 Å². The smallest absolute Gasteiger partial charge is 0.126 e. The Kier molecular flexibility index (Phi) is 5.55. The summed E-state index contributed by atoms with van der Waals surface area (Å²) in [6.45, 7) is 6.28. The van der Waals surface area contributed by atoms with Crippen LogP contribution >= 0.6 is 47.8 Å². The van der Waals surface area contributed by atoms with Gasteiger partial charge in [0, 0.05) is 14.5 Å². The molecular weight excluding hydrogens is 460 g/mol. The van der Waals surface area contributed by atoms with Crippen LogP contribution in [0.1, 0.15) is 32.6 Å². The molecule has 0 heterocycles. The summed E-state index contributed by atoms with van der Waals surface area (Å²) >= 11 is 11.2. The molecule has 0 aliphatic heterocycles. The van der Waals surface area contributed by atoms with E-state index in [0.717, 1.165) is 25.8 Å². The minimum absolute atomic E-state index is 0.0675. The lowest BCUT2D eigenvalue weighted by molar-refractivity contribution is 0.406. The average molecular weight is 477 g/mol. The van der Waals surface area contributed by atoms with Gasteiger partial charge in [-0.15, -0.1) is 0 Å². The minimum atomic E-state index is 0.0675. The second-order valence-corrected chi connectivity index (χ2v) is 7.65. The van der Waals surface area contributed by atoms with Gasteiger partial charge in [0.25, 0.3) is 0 Å². The van der Waals surface area contributed by atoms with Crippen molar-refractivity contribution in [2.75, 3.05) is 7.11 Å². The van der Waals surface area contributed by atoms with Crippen molar-refractivity contribution in [1.82, 2.24) is 0 Å². The number of benzene rings is 2. The highest BCUT2D eigenvalue weighted by Gasteiger charge is 2.23. The van der Waals surface area contributed by atoms with Crippen molar-refractivity contribution >= 4 is 47.8 Å². The maximum atomic E-state index is 5.66. The van der Waals surface area contributed by atoms with E-state index in [-0.39, 0.29) is 4.83 Å². The van der Waals surface area contributed by atoms with E-state index >= 15 is 0 Å². The van der Waals surface area contributed by atoms with Gasteiger partial charge in [-0.2, -0.15) is 0 Å². The van der Waals surface area contributed by atoms with Crippen LogP contribution in [0.5, 0.6) is 5.75 Å². The Bertz CT molecular complexity index is 680. The fraction of sp³-hybridized carbons (Fsp3) is 0.294. The van der Waals surface area contributed by atoms with Crippen LogP contribution in [0.3, 0.4) is 0 Å². The number of aryl methyl sites for hydroxylation is 2. The van der Waals surface area contributed by atoms with Gasteiger partial charge in [0.15, 0.2) is 0 Å². The summed E-state index contributed by atoms with van der Waals surface area (Å²) in [6, 6.07) is 8.41. The lowest BCUT2D eigenvalue weighted by Gasteiger charge is -2.21. The summed E-state index contributed by atoms with van der Waals surface area (Å²) < 4.78 is 7.89. The molecule has 1 nitrogen and oxygen atoms in total. The normalized spacial score (nSPS) is 12.3. The summed E-state index contributed by atoms with van der Waals surface area (Å²) in [5.41, 5.74) is 5.90. The maximum absolute atomic E-state index is 5.66. The molecule has 0 saturated heterocycles. The molecule has 0 aliphatic carbocycles. The molecule has 0 fully saturated rings. The van der Waals surface area contributed by atoms with E-state index in [1.165, 1.54) is 16.7 Å². The van der Waals surface area contributed by atoms with E-state index in [9.17, 15) is 0 Å². The van der Waals surface area contributed by atoms with E-state index in [1.54, 1.807) is 7.11 Å². The van der Waals surface area contributed by atoms with Gasteiger partial charge in [0.05, 0.1) is 11.9 Å². The maximum Gasteiger partial charge on any atom is 0.126 e. The van der Waals surface area contributed by atoms with Crippen molar-refractivity contribution in [2.45, 2.75) is 25.6 Å². The highest BCUT2D eigenvalue weighted by Crippen LogP contribution is 2.45. The first kappa shape index (κ1) is 17.0. The molecule has 0 aliphatic rings. The van der Waals surface area contributed by atoms with Gasteiger partial charge >= 0.3 is 0 Å². The number of ether oxygens (including phenoxy) is 1. The van der Waals surface area contributed by atoms with Crippen molar-refractivity contribution in [3.05, 3.63) is 61.0 Å². The van der Waals surface area contributed by atoms with E-state index in [2.05, 4.69) is 92.8 Å². The third-order valence-corrected chi connectivity index (χ3v) is 6.52. The van der Waals surface area contributed by atoms with Crippen LogP contribution < -0.4 is 4.74 Å². The average Bonchev–Trinajstić information content (AvgIpc) is 2.44. The van der Waals surface area contributed by atoms with Crippen LogP contribution in [-0.2, 0) is 0 Å². The molecule has 0 saturated carbocycles. The molecule has 0 amide bonds. The Morgan fingerprint density at radius 1 is 1.05 bits per heavy atom. The lowest BCUT2D eigenvalue weighted by atomic mass is 9.96. The molecule has 4 heteroatoms. The molecule has 2 aromatic rings. The third-order valence-electron chi connectivity index (χ3n) is 3.66. The second kappa shape index (κ2) is 6.84. The van der Waals surface area contributed by atoms with Crippen LogP contribution in [0, 0.1) is 20.8 Å². The molecule has 1 unspecified atom stereocenters. The van der Waals surface area contributed by atoms with E-state index in [4.69, 9.17) is 4.74 Å². The zero-order valence-electron chi connectivity index (χ0n) is 12.4. The molecule has 21 heavy (non-hydrogen) atoms. The van der Waals surface area contributed by atoms with Crippen LogP contribution in [0.15, 0.2) is 33.2 Å². The SMILES string of the molecule is COc1c(C)cc(Br)c(C)c1C(Br)c1cccc(C)c1Br. The van der Waals surface area contributed by atoms with Gasteiger partial charge in [-0.1, -0.05) is 66.0 Å². The Morgan fingerprint density at radius 3 is 2.33 bits per heavy atom. The first-order valence-corrected chi connectivity index (χ1v) is 9.11. The number of rotatable bonds is 3. The van der Waals surface area contributed by atoms with Crippen LogP contribution in [0.25, 0.3) is 0 Å². The van der Waals surface area contributed by atoms with Gasteiger partial charge in [0.2, 0.25) is 0 Å². The summed E-state index contributed by atoms with van der Waals surface area (Å²) in [7, 11) is 1.73. The van der Waals surface area contributed by atoms with Crippen molar-refractivity contribution in [3.8, 4) is 5.75 Å². The van der Waals surface area contributed by atoms with Gasteiger partial charge in [-0.05, 0) is 49.1 Å². The number of halogens is 3. The molecule has 0 N–H and O–H groups in total. The van der Waals surface area contributed by atoms with Gasteiger partial charge in [0.1, 0.15) is 5.75 Å². The summed E-state index contributed by atoms with van der Waals surface area (Å²) in [5.74, 6) is 0.936. The monoisotopic (exact) mass is 474 g/mol. The van der Waals surface area contributed by atoms with Crippen LogP contribution in [0.2, 0.25) is 0 Å². The minimum Gasteiger partial charge on any atom is -0.496 e. The summed E-state index contributed by atoms with van der Waals surface area (Å²) in [4.78, 5) is 0.0675. The Balaban J connectivity index is 2.68. The van der Waals surface area contributed by atoms with E-state index in [0.29, 0.717) is 0 Å². The largest absolute Gasteiger partial charge is 0.496 e. The molecule has 0 aromatic heterocycles. The van der Waals surface area contributed by atoms with E-state index < -0.39 is 0 Å². The molecule has 0 bridgehead atoms. The number of methoxy groups -OCH3 is 1. The molecule has 2 rings (SSSR count). The molecule has 0 radical (unpaired) electrons. The topological polar surface area (TPSA) is 9.23 Å². The second-order valence-electron chi connectivity index (χ2n) is 5.09. The van der Waals surface area contributed by atoms with Crippen molar-refractivity contribution < 1.29 is 4.74 Å². The number of hydrogen-bond acceptors (Lipinski definition) is 1. The van der Waals surface area contributed by atoms with Crippen LogP contribution in [0.4, 0.5) is 0 Å². The number of hydrogen-bond donors (Lipinski definition) is 0. The number of alkyl halides is 1.